The molecule has 0 spiro atoms. The van der Waals surface area contributed by atoms with Gasteiger partial charge >= 0.3 is 6.18 Å². The Kier molecular flexibility index (Phi) is 4.63. The van der Waals surface area contributed by atoms with E-state index in [1.54, 1.807) is 6.07 Å². The number of benzene rings is 2. The molecule has 0 aliphatic heterocycles. The highest BCUT2D eigenvalue weighted by Crippen LogP contribution is 2.44. The molecule has 0 radical (unpaired) electrons. The molecule has 128 valence electrons. The molecule has 0 bridgehead atoms. The average Bonchev–Trinajstić information content (AvgIpc) is 3.19. The molecule has 1 fully saturated rings. The molecule has 1 nitrogen and oxygen atoms in total. The zero-order chi connectivity index (χ0) is 16.0. The Labute approximate surface area is 145 Å². The van der Waals surface area contributed by atoms with Crippen molar-refractivity contribution in [2.75, 3.05) is 0 Å². The minimum absolute atomic E-state index is 0. The molecular weight excluding hydrogens is 335 g/mol. The van der Waals surface area contributed by atoms with Crippen LogP contribution in [0.3, 0.4) is 0 Å². The predicted molar refractivity (Wildman–Crippen MR) is 90.5 cm³/mol. The fraction of sp³-hybridized carbons (Fsp3) is 0.368. The van der Waals surface area contributed by atoms with E-state index < -0.39 is 11.7 Å². The van der Waals surface area contributed by atoms with E-state index >= 15 is 0 Å². The first kappa shape index (κ1) is 17.3. The monoisotopic (exact) mass is 353 g/mol. The summed E-state index contributed by atoms with van der Waals surface area (Å²) >= 11 is 0. The Bertz CT molecular complexity index is 714. The van der Waals surface area contributed by atoms with Crippen molar-refractivity contribution >= 4 is 12.4 Å². The van der Waals surface area contributed by atoms with Gasteiger partial charge in [-0.3, -0.25) is 0 Å². The van der Waals surface area contributed by atoms with Crippen molar-refractivity contribution in [1.29, 1.82) is 0 Å². The normalized spacial score (nSPS) is 25.0. The van der Waals surface area contributed by atoms with Gasteiger partial charge in [-0.15, -0.1) is 12.4 Å². The summed E-state index contributed by atoms with van der Waals surface area (Å²) in [6.45, 7) is 0. The summed E-state index contributed by atoms with van der Waals surface area (Å²) < 4.78 is 38.8. The van der Waals surface area contributed by atoms with E-state index in [0.29, 0.717) is 12.0 Å². The van der Waals surface area contributed by atoms with Crippen LogP contribution in [0.5, 0.6) is 0 Å². The first-order valence-electron chi connectivity index (χ1n) is 8.03. The molecule has 0 heterocycles. The lowest BCUT2D eigenvalue weighted by Crippen LogP contribution is -2.23. The summed E-state index contributed by atoms with van der Waals surface area (Å²) in [6.07, 6.45) is -1.47. The van der Waals surface area contributed by atoms with Crippen LogP contribution in [0.15, 0.2) is 48.5 Å². The number of rotatable bonds is 3. The second kappa shape index (κ2) is 6.41. The molecule has 2 aliphatic rings. The zero-order valence-corrected chi connectivity index (χ0v) is 13.8. The SMILES string of the molecule is Cl.FC(F)(F)c1ccc2c(c1)C(NC1CC1c1ccccc1)CC2. The van der Waals surface area contributed by atoms with Gasteiger partial charge in [-0.2, -0.15) is 13.2 Å². The molecule has 2 aromatic carbocycles. The van der Waals surface area contributed by atoms with E-state index in [4.69, 9.17) is 0 Å². The minimum atomic E-state index is -4.27. The Morgan fingerprint density at radius 3 is 2.46 bits per heavy atom. The fourth-order valence-corrected chi connectivity index (χ4v) is 3.66. The predicted octanol–water partition coefficient (Wildman–Crippen LogP) is 5.26. The first-order chi connectivity index (χ1) is 11.0. The lowest BCUT2D eigenvalue weighted by atomic mass is 10.0. The van der Waals surface area contributed by atoms with Crippen LogP contribution in [-0.2, 0) is 12.6 Å². The summed E-state index contributed by atoms with van der Waals surface area (Å²) in [6, 6.07) is 14.9. The molecule has 4 rings (SSSR count). The van der Waals surface area contributed by atoms with Crippen LogP contribution in [0.4, 0.5) is 13.2 Å². The van der Waals surface area contributed by atoms with Crippen molar-refractivity contribution in [3.05, 3.63) is 70.8 Å². The Morgan fingerprint density at radius 2 is 1.75 bits per heavy atom. The van der Waals surface area contributed by atoms with Crippen LogP contribution in [0.2, 0.25) is 0 Å². The van der Waals surface area contributed by atoms with Crippen LogP contribution in [0.1, 0.15) is 47.1 Å². The van der Waals surface area contributed by atoms with Crippen molar-refractivity contribution in [2.45, 2.75) is 43.4 Å². The van der Waals surface area contributed by atoms with E-state index in [1.807, 2.05) is 18.2 Å². The standard InChI is InChI=1S/C19H18F3N.ClH/c20-19(21,22)14-8-6-13-7-9-17(15(13)10-14)23-18-11-16(18)12-4-2-1-3-5-12;/h1-6,8,10,16-18,23H,7,9,11H2;1H. The average molecular weight is 354 g/mol. The Balaban J connectivity index is 0.00000169. The molecule has 24 heavy (non-hydrogen) atoms. The highest BCUT2D eigenvalue weighted by Gasteiger charge is 2.41. The maximum atomic E-state index is 12.9. The number of halogens is 4. The van der Waals surface area contributed by atoms with Gasteiger partial charge in [-0.1, -0.05) is 36.4 Å². The topological polar surface area (TPSA) is 12.0 Å². The molecule has 2 aromatic rings. The number of hydrogen-bond acceptors (Lipinski definition) is 1. The number of alkyl halides is 3. The van der Waals surface area contributed by atoms with E-state index in [9.17, 15) is 13.2 Å². The van der Waals surface area contributed by atoms with E-state index in [0.717, 1.165) is 30.4 Å². The van der Waals surface area contributed by atoms with Gasteiger partial charge in [0.2, 0.25) is 0 Å². The molecule has 1 saturated carbocycles. The Hall–Kier alpha value is -1.52. The lowest BCUT2D eigenvalue weighted by molar-refractivity contribution is -0.137. The highest BCUT2D eigenvalue weighted by atomic mass is 35.5. The first-order valence-corrected chi connectivity index (χ1v) is 8.03. The summed E-state index contributed by atoms with van der Waals surface area (Å²) in [5, 5.41) is 3.57. The highest BCUT2D eigenvalue weighted by molar-refractivity contribution is 5.85. The van der Waals surface area contributed by atoms with Gasteiger partial charge in [0, 0.05) is 18.0 Å². The van der Waals surface area contributed by atoms with Crippen molar-refractivity contribution < 1.29 is 13.2 Å². The van der Waals surface area contributed by atoms with Gasteiger partial charge in [0.25, 0.3) is 0 Å². The minimum Gasteiger partial charge on any atom is -0.307 e. The van der Waals surface area contributed by atoms with Gasteiger partial charge in [-0.05, 0) is 48.1 Å². The van der Waals surface area contributed by atoms with Gasteiger partial charge in [-0.25, -0.2) is 0 Å². The number of hydrogen-bond donors (Lipinski definition) is 1. The molecular formula is C19H19ClF3N. The van der Waals surface area contributed by atoms with Crippen LogP contribution in [0.25, 0.3) is 0 Å². The largest absolute Gasteiger partial charge is 0.416 e. The summed E-state index contributed by atoms with van der Waals surface area (Å²) in [5.41, 5.74) is 2.65. The Morgan fingerprint density at radius 1 is 1.00 bits per heavy atom. The van der Waals surface area contributed by atoms with Gasteiger partial charge in [0.1, 0.15) is 0 Å². The maximum Gasteiger partial charge on any atom is 0.416 e. The van der Waals surface area contributed by atoms with Crippen molar-refractivity contribution in [1.82, 2.24) is 5.32 Å². The van der Waals surface area contributed by atoms with E-state index in [1.165, 1.54) is 17.7 Å². The zero-order valence-electron chi connectivity index (χ0n) is 13.0. The van der Waals surface area contributed by atoms with Crippen LogP contribution >= 0.6 is 12.4 Å². The number of aryl methyl sites for hydroxylation is 1. The lowest BCUT2D eigenvalue weighted by Gasteiger charge is -2.16. The molecule has 2 aliphatic carbocycles. The third-order valence-corrected chi connectivity index (χ3v) is 4.98. The second-order valence-corrected chi connectivity index (χ2v) is 6.53. The van der Waals surface area contributed by atoms with E-state index in [-0.39, 0.29) is 18.4 Å². The van der Waals surface area contributed by atoms with Crippen molar-refractivity contribution in [3.8, 4) is 0 Å². The third kappa shape index (κ3) is 3.31. The summed E-state index contributed by atoms with van der Waals surface area (Å²) in [7, 11) is 0. The quantitative estimate of drug-likeness (QED) is 0.793. The molecule has 0 amide bonds. The third-order valence-electron chi connectivity index (χ3n) is 4.98. The smallest absolute Gasteiger partial charge is 0.307 e. The van der Waals surface area contributed by atoms with Crippen molar-refractivity contribution in [2.24, 2.45) is 0 Å². The molecule has 3 unspecified atom stereocenters. The molecule has 0 saturated heterocycles. The second-order valence-electron chi connectivity index (χ2n) is 6.53. The van der Waals surface area contributed by atoms with Crippen molar-refractivity contribution in [3.63, 3.8) is 0 Å². The molecule has 5 heteroatoms. The van der Waals surface area contributed by atoms with E-state index in [2.05, 4.69) is 17.4 Å². The fourth-order valence-electron chi connectivity index (χ4n) is 3.66. The molecule has 3 atom stereocenters. The van der Waals surface area contributed by atoms with Gasteiger partial charge in [0.05, 0.1) is 5.56 Å². The number of fused-ring (bicyclic) bond motifs is 1. The van der Waals surface area contributed by atoms with Gasteiger partial charge < -0.3 is 5.32 Å². The number of nitrogens with one attached hydrogen (secondary N) is 1. The van der Waals surface area contributed by atoms with Crippen LogP contribution in [0, 0.1) is 0 Å². The van der Waals surface area contributed by atoms with Crippen LogP contribution in [-0.4, -0.2) is 6.04 Å². The molecule has 1 N–H and O–H groups in total. The van der Waals surface area contributed by atoms with Gasteiger partial charge in [0.15, 0.2) is 0 Å². The summed E-state index contributed by atoms with van der Waals surface area (Å²) in [4.78, 5) is 0. The van der Waals surface area contributed by atoms with Crippen LogP contribution < -0.4 is 5.32 Å². The maximum absolute atomic E-state index is 12.9. The summed E-state index contributed by atoms with van der Waals surface area (Å²) in [5.74, 6) is 0.492. The molecule has 0 aromatic heterocycles.